The number of hydrogen-bond donors (Lipinski definition) is 2. The molecule has 2 aliphatic rings. The number of benzene rings is 2. The van der Waals surface area contributed by atoms with E-state index >= 15 is 0 Å². The number of nitrogens with one attached hydrogen (secondary N) is 2. The maximum absolute atomic E-state index is 13.3. The van der Waals surface area contributed by atoms with Gasteiger partial charge in [0.05, 0.1) is 11.4 Å². The number of carbonyl (C=O) groups is 2. The molecule has 0 unspecified atom stereocenters. The van der Waals surface area contributed by atoms with Crippen molar-refractivity contribution in [1.82, 2.24) is 19.8 Å². The van der Waals surface area contributed by atoms with E-state index in [0.29, 0.717) is 38.3 Å². The Hall–Kier alpha value is -3.24. The van der Waals surface area contributed by atoms with Gasteiger partial charge < -0.3 is 10.2 Å². The van der Waals surface area contributed by atoms with Gasteiger partial charge in [-0.1, -0.05) is 56.3 Å². The predicted octanol–water partition coefficient (Wildman–Crippen LogP) is 1.21. The predicted molar refractivity (Wildman–Crippen MR) is 133 cm³/mol. The number of carbonyl (C=O) groups excluding carboxylic acids is 2. The first-order chi connectivity index (χ1) is 16.7. The average molecular weight is 498 g/mol. The summed E-state index contributed by atoms with van der Waals surface area (Å²) in [5.74, 6) is -0.0908. The van der Waals surface area contributed by atoms with Crippen molar-refractivity contribution in [2.45, 2.75) is 31.3 Å². The second-order valence-corrected chi connectivity index (χ2v) is 10.8. The summed E-state index contributed by atoms with van der Waals surface area (Å²) in [5, 5.41) is 2.93. The molecule has 1 fully saturated rings. The Kier molecular flexibility index (Phi) is 7.51. The lowest BCUT2D eigenvalue weighted by molar-refractivity contribution is -0.135. The molecule has 4 rings (SSSR count). The Balaban J connectivity index is 1.34. The number of nitrogens with zero attached hydrogens (tertiary/aromatic N) is 3. The minimum Gasteiger partial charge on any atom is -0.351 e. The highest BCUT2D eigenvalue weighted by atomic mass is 32.2. The molecule has 10 heteroatoms. The lowest BCUT2D eigenvalue weighted by Gasteiger charge is -2.36. The standard InChI is InChI=1S/C25H31N5O4S/c1-18(2)23(27-24-20-10-6-7-11-21(20)35(33,34)28-24)25(32)30-14-12-29(13-15-30)17-22(31)26-16-19-8-4-3-5-9-19/h3-11,18,23H,12-17H2,1-2H3,(H,26,31)(H,27,28)/t23-/m0/s1. The Morgan fingerprint density at radius 1 is 1.00 bits per heavy atom. The Labute approximate surface area is 206 Å². The van der Waals surface area contributed by atoms with E-state index < -0.39 is 16.1 Å². The van der Waals surface area contributed by atoms with Gasteiger partial charge in [-0.15, -0.1) is 0 Å². The van der Waals surface area contributed by atoms with Crippen LogP contribution >= 0.6 is 0 Å². The average Bonchev–Trinajstić information content (AvgIpc) is 3.11. The number of hydrogen-bond acceptors (Lipinski definition) is 6. The van der Waals surface area contributed by atoms with Gasteiger partial charge in [0.1, 0.15) is 11.9 Å². The van der Waals surface area contributed by atoms with E-state index in [1.54, 1.807) is 23.1 Å². The van der Waals surface area contributed by atoms with Crippen LogP contribution in [0, 0.1) is 5.92 Å². The molecule has 2 aromatic carbocycles. The molecular weight excluding hydrogens is 466 g/mol. The molecule has 1 saturated heterocycles. The minimum absolute atomic E-state index is 0.0488. The first-order valence-corrected chi connectivity index (χ1v) is 13.2. The van der Waals surface area contributed by atoms with Crippen molar-refractivity contribution >= 4 is 27.7 Å². The van der Waals surface area contributed by atoms with Gasteiger partial charge in [-0.3, -0.25) is 24.2 Å². The summed E-state index contributed by atoms with van der Waals surface area (Å²) in [6, 6.07) is 15.7. The lowest BCUT2D eigenvalue weighted by atomic mass is 10.0. The monoisotopic (exact) mass is 497 g/mol. The number of amides is 2. The summed E-state index contributed by atoms with van der Waals surface area (Å²) >= 11 is 0. The summed E-state index contributed by atoms with van der Waals surface area (Å²) in [6.07, 6.45) is 0. The fourth-order valence-electron chi connectivity index (χ4n) is 4.23. The maximum Gasteiger partial charge on any atom is 0.263 e. The number of rotatable bonds is 7. The van der Waals surface area contributed by atoms with E-state index in [4.69, 9.17) is 0 Å². The van der Waals surface area contributed by atoms with Crippen LogP contribution in [0.4, 0.5) is 0 Å². The van der Waals surface area contributed by atoms with Crippen molar-refractivity contribution < 1.29 is 18.0 Å². The number of sulfonamides is 1. The number of piperazine rings is 1. The Bertz CT molecular complexity index is 1210. The van der Waals surface area contributed by atoms with Crippen molar-refractivity contribution in [2.75, 3.05) is 32.7 Å². The van der Waals surface area contributed by atoms with Gasteiger partial charge in [-0.25, -0.2) is 8.42 Å². The quantitative estimate of drug-likeness (QED) is 0.597. The van der Waals surface area contributed by atoms with Crippen molar-refractivity contribution in [3.63, 3.8) is 0 Å². The van der Waals surface area contributed by atoms with Gasteiger partial charge in [-0.05, 0) is 23.6 Å². The van der Waals surface area contributed by atoms with E-state index in [1.165, 1.54) is 6.07 Å². The smallest absolute Gasteiger partial charge is 0.263 e. The van der Waals surface area contributed by atoms with Gasteiger partial charge >= 0.3 is 0 Å². The number of amidine groups is 1. The molecule has 0 saturated carbocycles. The fraction of sp³-hybridized carbons (Fsp3) is 0.400. The molecule has 9 nitrogen and oxygen atoms in total. The molecule has 2 aliphatic heterocycles. The second kappa shape index (κ2) is 10.6. The molecule has 0 aromatic heterocycles. The zero-order chi connectivity index (χ0) is 25.0. The summed E-state index contributed by atoms with van der Waals surface area (Å²) in [5.41, 5.74) is 1.53. The zero-order valence-electron chi connectivity index (χ0n) is 20.0. The Morgan fingerprint density at radius 3 is 2.34 bits per heavy atom. The van der Waals surface area contributed by atoms with Gasteiger partial charge in [0, 0.05) is 38.3 Å². The Morgan fingerprint density at radius 2 is 1.66 bits per heavy atom. The summed E-state index contributed by atoms with van der Waals surface area (Å²) in [4.78, 5) is 34.2. The van der Waals surface area contributed by atoms with Crippen LogP contribution in [-0.2, 0) is 26.2 Å². The normalized spacial score (nSPS) is 19.3. The number of fused-ring (bicyclic) bond motifs is 1. The van der Waals surface area contributed by atoms with Crippen LogP contribution in [0.25, 0.3) is 0 Å². The molecule has 2 N–H and O–H groups in total. The molecule has 2 amide bonds. The van der Waals surface area contributed by atoms with Crippen molar-refractivity contribution in [2.24, 2.45) is 10.9 Å². The first kappa shape index (κ1) is 24.9. The van der Waals surface area contributed by atoms with Crippen molar-refractivity contribution in [1.29, 1.82) is 0 Å². The van der Waals surface area contributed by atoms with Crippen LogP contribution in [0.3, 0.4) is 0 Å². The second-order valence-electron chi connectivity index (χ2n) is 9.13. The van der Waals surface area contributed by atoms with E-state index in [2.05, 4.69) is 15.0 Å². The van der Waals surface area contributed by atoms with Crippen molar-refractivity contribution in [3.05, 3.63) is 65.7 Å². The highest BCUT2D eigenvalue weighted by Crippen LogP contribution is 2.24. The van der Waals surface area contributed by atoms with E-state index in [9.17, 15) is 18.0 Å². The summed E-state index contributed by atoms with van der Waals surface area (Å²) in [7, 11) is -3.67. The topological polar surface area (TPSA) is 111 Å². The van der Waals surface area contributed by atoms with Crippen LogP contribution in [0.15, 0.2) is 64.5 Å². The fourth-order valence-corrected chi connectivity index (χ4v) is 5.47. The molecule has 0 spiro atoms. The van der Waals surface area contributed by atoms with Gasteiger partial charge in [-0.2, -0.15) is 0 Å². The van der Waals surface area contributed by atoms with Crippen LogP contribution in [-0.4, -0.2) is 74.6 Å². The third-order valence-corrected chi connectivity index (χ3v) is 7.60. The van der Waals surface area contributed by atoms with Crippen LogP contribution in [0.1, 0.15) is 25.0 Å². The maximum atomic E-state index is 13.3. The molecule has 0 aliphatic carbocycles. The first-order valence-electron chi connectivity index (χ1n) is 11.8. The SMILES string of the molecule is CC(C)[C@H](N=C1NS(=O)(=O)c2ccccc21)C(=O)N1CCN(CC(=O)NCc2ccccc2)CC1. The highest BCUT2D eigenvalue weighted by molar-refractivity contribution is 7.90. The lowest BCUT2D eigenvalue weighted by Crippen LogP contribution is -2.53. The molecule has 186 valence electrons. The highest BCUT2D eigenvalue weighted by Gasteiger charge is 2.34. The van der Waals surface area contributed by atoms with Crippen LogP contribution in [0.5, 0.6) is 0 Å². The van der Waals surface area contributed by atoms with Gasteiger partial charge in [0.2, 0.25) is 11.8 Å². The molecule has 2 aromatic rings. The van der Waals surface area contributed by atoms with Crippen molar-refractivity contribution in [3.8, 4) is 0 Å². The largest absolute Gasteiger partial charge is 0.351 e. The molecule has 0 bridgehead atoms. The zero-order valence-corrected chi connectivity index (χ0v) is 20.8. The summed E-state index contributed by atoms with van der Waals surface area (Å²) < 4.78 is 27.3. The van der Waals surface area contributed by atoms with Gasteiger partial charge in [0.25, 0.3) is 10.0 Å². The van der Waals surface area contributed by atoms with Crippen LogP contribution in [0.2, 0.25) is 0 Å². The molecule has 0 radical (unpaired) electrons. The molecule has 35 heavy (non-hydrogen) atoms. The van der Waals surface area contributed by atoms with E-state index in [1.807, 2.05) is 49.1 Å². The van der Waals surface area contributed by atoms with E-state index in [-0.39, 0.29) is 35.0 Å². The molecule has 2 heterocycles. The number of aliphatic imine (C=N–C) groups is 1. The van der Waals surface area contributed by atoms with Crippen LogP contribution < -0.4 is 10.0 Å². The molecular formula is C25H31N5O4S. The van der Waals surface area contributed by atoms with E-state index in [0.717, 1.165) is 5.56 Å². The summed E-state index contributed by atoms with van der Waals surface area (Å²) in [6.45, 7) is 6.71. The van der Waals surface area contributed by atoms with Gasteiger partial charge in [0.15, 0.2) is 0 Å². The third-order valence-electron chi connectivity index (χ3n) is 6.20. The molecule has 1 atom stereocenters. The third kappa shape index (κ3) is 5.88. The minimum atomic E-state index is -3.67.